The smallest absolute Gasteiger partial charge is 0.359 e. The molecule has 0 bridgehead atoms. The van der Waals surface area contributed by atoms with Crippen LogP contribution in [-0.4, -0.2) is 32.3 Å². The van der Waals surface area contributed by atoms with Gasteiger partial charge in [-0.1, -0.05) is 17.4 Å². The zero-order valence-corrected chi connectivity index (χ0v) is 12.1. The second-order valence-electron chi connectivity index (χ2n) is 3.76. The summed E-state index contributed by atoms with van der Waals surface area (Å²) in [5, 5.41) is 0.871. The van der Waals surface area contributed by atoms with Gasteiger partial charge < -0.3 is 19.9 Å². The molecule has 1 heterocycles. The lowest BCUT2D eigenvalue weighted by atomic mass is 10.2. The molecule has 1 aromatic heterocycles. The van der Waals surface area contributed by atoms with Gasteiger partial charge in [-0.25, -0.2) is 9.78 Å². The van der Waals surface area contributed by atoms with Gasteiger partial charge in [0.25, 0.3) is 0 Å². The Hall–Kier alpha value is -2.28. The standard InChI is InChI=1S/C13H14N2O4S/c1-17-8-6-4-5-7(10(8)18-2)12-15-9(11(14)20-12)13(16)19-3/h4-6H,14H2,1-3H3. The van der Waals surface area contributed by atoms with Crippen molar-refractivity contribution in [2.24, 2.45) is 0 Å². The van der Waals surface area contributed by atoms with E-state index in [1.54, 1.807) is 20.3 Å². The topological polar surface area (TPSA) is 83.7 Å². The number of hydrogen-bond donors (Lipinski definition) is 1. The molecule has 20 heavy (non-hydrogen) atoms. The highest BCUT2D eigenvalue weighted by atomic mass is 32.1. The minimum atomic E-state index is -0.563. The molecule has 2 N–H and O–H groups in total. The number of nitrogen functional groups attached to an aromatic ring is 1. The van der Waals surface area contributed by atoms with Gasteiger partial charge in [-0.2, -0.15) is 0 Å². The van der Waals surface area contributed by atoms with Gasteiger partial charge in [0, 0.05) is 0 Å². The fraction of sp³-hybridized carbons (Fsp3) is 0.231. The Balaban J connectivity index is 2.55. The highest BCUT2D eigenvalue weighted by Crippen LogP contribution is 2.40. The lowest BCUT2D eigenvalue weighted by molar-refractivity contribution is 0.0596. The van der Waals surface area contributed by atoms with E-state index in [0.717, 1.165) is 0 Å². The Labute approximate surface area is 120 Å². The molecule has 7 heteroatoms. The van der Waals surface area contributed by atoms with Crippen LogP contribution in [0, 0.1) is 0 Å². The molecule has 0 spiro atoms. The quantitative estimate of drug-likeness (QED) is 0.870. The number of hydrogen-bond acceptors (Lipinski definition) is 7. The third-order valence-electron chi connectivity index (χ3n) is 2.67. The SMILES string of the molecule is COC(=O)c1nc(-c2cccc(OC)c2OC)sc1N. The van der Waals surface area contributed by atoms with Crippen molar-refractivity contribution in [3.8, 4) is 22.1 Å². The third kappa shape index (κ3) is 2.39. The van der Waals surface area contributed by atoms with Gasteiger partial charge >= 0.3 is 5.97 Å². The first kappa shape index (κ1) is 14.1. The number of thiazole rings is 1. The van der Waals surface area contributed by atoms with Gasteiger partial charge in [-0.05, 0) is 12.1 Å². The lowest BCUT2D eigenvalue weighted by Crippen LogP contribution is -2.04. The summed E-state index contributed by atoms with van der Waals surface area (Å²) in [4.78, 5) is 15.8. The summed E-state index contributed by atoms with van der Waals surface area (Å²) in [6, 6.07) is 5.41. The van der Waals surface area contributed by atoms with E-state index >= 15 is 0 Å². The van der Waals surface area contributed by atoms with E-state index in [9.17, 15) is 4.79 Å². The number of nitrogens with two attached hydrogens (primary N) is 1. The Kier molecular flexibility index (Phi) is 4.09. The minimum absolute atomic E-state index is 0.109. The molecule has 1 aromatic carbocycles. The maximum absolute atomic E-state index is 11.5. The number of anilines is 1. The number of carbonyl (C=O) groups excluding carboxylic acids is 1. The number of rotatable bonds is 4. The lowest BCUT2D eigenvalue weighted by Gasteiger charge is -2.10. The summed E-state index contributed by atoms with van der Waals surface area (Å²) in [6.07, 6.45) is 0. The van der Waals surface area contributed by atoms with E-state index in [0.29, 0.717) is 27.1 Å². The molecule has 0 aliphatic carbocycles. The van der Waals surface area contributed by atoms with Crippen molar-refractivity contribution in [2.45, 2.75) is 0 Å². The summed E-state index contributed by atoms with van der Waals surface area (Å²) >= 11 is 1.19. The van der Waals surface area contributed by atoms with Crippen LogP contribution >= 0.6 is 11.3 Å². The zero-order valence-electron chi connectivity index (χ0n) is 11.3. The summed E-state index contributed by atoms with van der Waals surface area (Å²) < 4.78 is 15.2. The summed E-state index contributed by atoms with van der Waals surface area (Å²) in [6.45, 7) is 0. The average molecular weight is 294 g/mol. The maximum Gasteiger partial charge on any atom is 0.359 e. The number of ether oxygens (including phenoxy) is 3. The molecule has 0 amide bonds. The highest BCUT2D eigenvalue weighted by molar-refractivity contribution is 7.19. The predicted octanol–water partition coefficient (Wildman–Crippen LogP) is 2.20. The summed E-state index contributed by atoms with van der Waals surface area (Å²) in [7, 11) is 4.38. The Morgan fingerprint density at radius 3 is 2.60 bits per heavy atom. The van der Waals surface area contributed by atoms with Gasteiger partial charge in [-0.15, -0.1) is 0 Å². The van der Waals surface area contributed by atoms with Crippen LogP contribution in [-0.2, 0) is 4.74 Å². The second kappa shape index (κ2) is 5.79. The first-order chi connectivity index (χ1) is 9.62. The Morgan fingerprint density at radius 1 is 1.25 bits per heavy atom. The van der Waals surface area contributed by atoms with E-state index in [-0.39, 0.29) is 5.69 Å². The molecule has 0 aliphatic rings. The number of para-hydroxylation sites is 1. The van der Waals surface area contributed by atoms with Crippen molar-refractivity contribution >= 4 is 22.3 Å². The molecule has 6 nitrogen and oxygen atoms in total. The van der Waals surface area contributed by atoms with Crippen LogP contribution in [0.25, 0.3) is 10.6 Å². The van der Waals surface area contributed by atoms with E-state index in [1.165, 1.54) is 18.4 Å². The maximum atomic E-state index is 11.5. The van der Waals surface area contributed by atoms with Crippen molar-refractivity contribution in [2.75, 3.05) is 27.1 Å². The third-order valence-corrected chi connectivity index (χ3v) is 3.58. The van der Waals surface area contributed by atoms with Gasteiger partial charge in [0.1, 0.15) is 10.0 Å². The first-order valence-corrected chi connectivity index (χ1v) is 6.50. The second-order valence-corrected chi connectivity index (χ2v) is 4.80. The fourth-order valence-electron chi connectivity index (χ4n) is 1.75. The normalized spacial score (nSPS) is 10.2. The largest absolute Gasteiger partial charge is 0.493 e. The van der Waals surface area contributed by atoms with E-state index < -0.39 is 5.97 Å². The zero-order chi connectivity index (χ0) is 14.7. The molecule has 2 rings (SSSR count). The summed E-state index contributed by atoms with van der Waals surface area (Å²) in [5.41, 5.74) is 6.62. The average Bonchev–Trinajstić information content (AvgIpc) is 2.87. The number of carbonyl (C=O) groups is 1. The van der Waals surface area contributed by atoms with Crippen molar-refractivity contribution < 1.29 is 19.0 Å². The van der Waals surface area contributed by atoms with Crippen LogP contribution in [0.1, 0.15) is 10.5 Å². The minimum Gasteiger partial charge on any atom is -0.493 e. The molecule has 0 atom stereocenters. The van der Waals surface area contributed by atoms with E-state index in [2.05, 4.69) is 9.72 Å². The van der Waals surface area contributed by atoms with Crippen LogP contribution in [0.3, 0.4) is 0 Å². The Bertz CT molecular complexity index is 639. The van der Waals surface area contributed by atoms with E-state index in [4.69, 9.17) is 15.2 Å². The molecule has 0 saturated carbocycles. The Morgan fingerprint density at radius 2 is 2.00 bits per heavy atom. The number of aromatic nitrogens is 1. The number of methoxy groups -OCH3 is 3. The van der Waals surface area contributed by atoms with Gasteiger partial charge in [-0.3, -0.25) is 0 Å². The molecule has 106 valence electrons. The van der Waals surface area contributed by atoms with Gasteiger partial charge in [0.05, 0.1) is 26.9 Å². The van der Waals surface area contributed by atoms with Gasteiger partial charge in [0.2, 0.25) is 0 Å². The molecule has 0 fully saturated rings. The van der Waals surface area contributed by atoms with Crippen molar-refractivity contribution in [1.82, 2.24) is 4.98 Å². The molecule has 0 saturated heterocycles. The van der Waals surface area contributed by atoms with Crippen LogP contribution in [0.2, 0.25) is 0 Å². The molecular weight excluding hydrogens is 280 g/mol. The first-order valence-electron chi connectivity index (χ1n) is 5.68. The van der Waals surface area contributed by atoms with Crippen molar-refractivity contribution in [3.05, 3.63) is 23.9 Å². The molecular formula is C13H14N2O4S. The molecule has 0 unspecified atom stereocenters. The number of esters is 1. The van der Waals surface area contributed by atoms with Crippen molar-refractivity contribution in [1.29, 1.82) is 0 Å². The monoisotopic (exact) mass is 294 g/mol. The van der Waals surface area contributed by atoms with Crippen molar-refractivity contribution in [3.63, 3.8) is 0 Å². The number of benzene rings is 1. The predicted molar refractivity (Wildman–Crippen MR) is 76.4 cm³/mol. The molecule has 0 radical (unpaired) electrons. The van der Waals surface area contributed by atoms with Crippen LogP contribution < -0.4 is 15.2 Å². The van der Waals surface area contributed by atoms with Crippen LogP contribution in [0.4, 0.5) is 5.00 Å². The van der Waals surface area contributed by atoms with Gasteiger partial charge in [0.15, 0.2) is 17.2 Å². The van der Waals surface area contributed by atoms with Crippen LogP contribution in [0.5, 0.6) is 11.5 Å². The number of nitrogens with zero attached hydrogens (tertiary/aromatic N) is 1. The highest BCUT2D eigenvalue weighted by Gasteiger charge is 2.20. The molecule has 2 aromatic rings. The molecule has 0 aliphatic heterocycles. The van der Waals surface area contributed by atoms with Crippen LogP contribution in [0.15, 0.2) is 18.2 Å². The van der Waals surface area contributed by atoms with E-state index in [1.807, 2.05) is 12.1 Å². The summed E-state index contributed by atoms with van der Waals surface area (Å²) in [5.74, 6) is 0.561. The fourth-order valence-corrected chi connectivity index (χ4v) is 2.59.